The molecule has 1 heterocycles. The topological polar surface area (TPSA) is 38.0 Å². The Balaban J connectivity index is 0. The molecule has 0 bridgehead atoms. The smallest absolute Gasteiger partial charge is 0.0180 e. The van der Waals surface area contributed by atoms with Gasteiger partial charge in [-0.3, -0.25) is 0 Å². The van der Waals surface area contributed by atoms with Crippen LogP contribution in [-0.2, 0) is 0 Å². The summed E-state index contributed by atoms with van der Waals surface area (Å²) in [5, 5.41) is 3.24. The van der Waals surface area contributed by atoms with E-state index in [0.717, 1.165) is 13.0 Å². The Bertz CT molecular complexity index is 62.0. The number of halogens is 2. The van der Waals surface area contributed by atoms with E-state index in [1.165, 1.54) is 0 Å². The van der Waals surface area contributed by atoms with Gasteiger partial charge in [0.05, 0.1) is 0 Å². The second kappa shape index (κ2) is 5.65. The van der Waals surface area contributed by atoms with Gasteiger partial charge in [0.2, 0.25) is 0 Å². The first-order valence-electron chi connectivity index (χ1n) is 2.78. The quantitative estimate of drug-likeness (QED) is 0.679. The molecule has 1 saturated heterocycles. The molecule has 1 rings (SSSR count). The van der Waals surface area contributed by atoms with Crippen molar-refractivity contribution >= 4 is 34.0 Å². The first-order valence-corrected chi connectivity index (χ1v) is 2.78. The predicted molar refractivity (Wildman–Crippen MR) is 50.7 cm³/mol. The normalized spacial score (nSPS) is 32.7. The van der Waals surface area contributed by atoms with E-state index in [4.69, 9.17) is 5.73 Å². The molecule has 0 unspecified atom stereocenters. The van der Waals surface area contributed by atoms with E-state index < -0.39 is 0 Å². The highest BCUT2D eigenvalue weighted by molar-refractivity contribution is 8.93. The van der Waals surface area contributed by atoms with Gasteiger partial charge in [-0.25, -0.2) is 0 Å². The molecule has 4 heteroatoms. The summed E-state index contributed by atoms with van der Waals surface area (Å²) in [7, 11) is 0. The van der Waals surface area contributed by atoms with E-state index in [1.54, 1.807) is 0 Å². The van der Waals surface area contributed by atoms with Crippen LogP contribution in [0.2, 0.25) is 0 Å². The fraction of sp³-hybridized carbons (Fsp3) is 1.00. The minimum absolute atomic E-state index is 0. The Morgan fingerprint density at radius 3 is 2.11 bits per heavy atom. The van der Waals surface area contributed by atoms with Crippen LogP contribution in [0.15, 0.2) is 0 Å². The van der Waals surface area contributed by atoms with Crippen LogP contribution in [0.4, 0.5) is 0 Å². The van der Waals surface area contributed by atoms with Gasteiger partial charge in [0, 0.05) is 18.6 Å². The van der Waals surface area contributed by atoms with Gasteiger partial charge in [-0.05, 0) is 13.3 Å². The van der Waals surface area contributed by atoms with Crippen molar-refractivity contribution in [2.24, 2.45) is 5.73 Å². The van der Waals surface area contributed by atoms with E-state index in [2.05, 4.69) is 12.2 Å². The van der Waals surface area contributed by atoms with E-state index in [9.17, 15) is 0 Å². The van der Waals surface area contributed by atoms with E-state index in [0.29, 0.717) is 12.1 Å². The van der Waals surface area contributed by atoms with Gasteiger partial charge in [-0.15, -0.1) is 34.0 Å². The lowest BCUT2D eigenvalue weighted by molar-refractivity contribution is 0.657. The van der Waals surface area contributed by atoms with Crippen molar-refractivity contribution in [2.45, 2.75) is 25.4 Å². The molecule has 0 saturated carbocycles. The monoisotopic (exact) mass is 260 g/mol. The summed E-state index contributed by atoms with van der Waals surface area (Å²) in [5.41, 5.74) is 5.56. The van der Waals surface area contributed by atoms with Crippen LogP contribution in [0.1, 0.15) is 13.3 Å². The van der Waals surface area contributed by atoms with Crippen LogP contribution in [-0.4, -0.2) is 18.6 Å². The third-order valence-corrected chi connectivity index (χ3v) is 1.38. The fourth-order valence-electron chi connectivity index (χ4n) is 0.973. The van der Waals surface area contributed by atoms with Crippen LogP contribution in [0.3, 0.4) is 0 Å². The minimum Gasteiger partial charge on any atom is -0.326 e. The van der Waals surface area contributed by atoms with Crippen molar-refractivity contribution in [1.29, 1.82) is 0 Å². The molecule has 9 heavy (non-hydrogen) atoms. The molecule has 0 radical (unpaired) electrons. The summed E-state index contributed by atoms with van der Waals surface area (Å²) in [6.07, 6.45) is 1.14. The van der Waals surface area contributed by atoms with Crippen molar-refractivity contribution in [3.63, 3.8) is 0 Å². The van der Waals surface area contributed by atoms with Gasteiger partial charge in [-0.1, -0.05) is 0 Å². The highest BCUT2D eigenvalue weighted by Gasteiger charge is 2.15. The zero-order valence-corrected chi connectivity index (χ0v) is 8.89. The number of hydrogen-bond acceptors (Lipinski definition) is 2. The lowest BCUT2D eigenvalue weighted by Crippen LogP contribution is -2.22. The molecule has 1 fully saturated rings. The third kappa shape index (κ3) is 4.31. The Morgan fingerprint density at radius 1 is 1.44 bits per heavy atom. The molecule has 0 aliphatic carbocycles. The molecule has 0 amide bonds. The second-order valence-electron chi connectivity index (χ2n) is 2.31. The average molecular weight is 262 g/mol. The van der Waals surface area contributed by atoms with E-state index in [-0.39, 0.29) is 34.0 Å². The molecule has 0 aromatic rings. The largest absolute Gasteiger partial charge is 0.326 e. The molecule has 1 aliphatic rings. The maximum atomic E-state index is 5.56. The van der Waals surface area contributed by atoms with Crippen molar-refractivity contribution in [3.8, 4) is 0 Å². The van der Waals surface area contributed by atoms with E-state index in [1.807, 2.05) is 0 Å². The van der Waals surface area contributed by atoms with Crippen molar-refractivity contribution in [3.05, 3.63) is 0 Å². The molecule has 2 atom stereocenters. The van der Waals surface area contributed by atoms with Crippen molar-refractivity contribution in [1.82, 2.24) is 5.32 Å². The Kier molecular flexibility index (Phi) is 7.87. The first-order chi connectivity index (χ1) is 3.29. The summed E-state index contributed by atoms with van der Waals surface area (Å²) < 4.78 is 0. The van der Waals surface area contributed by atoms with Crippen LogP contribution >= 0.6 is 34.0 Å². The standard InChI is InChI=1S/C5H12N2.2BrH/c1-4-2-5(6)3-7-4;;/h4-5,7H,2-3,6H2,1H3;2*1H/t4-,5+;;/m1../s1. The summed E-state index contributed by atoms with van der Waals surface area (Å²) >= 11 is 0. The van der Waals surface area contributed by atoms with Gasteiger partial charge >= 0.3 is 0 Å². The lowest BCUT2D eigenvalue weighted by Gasteiger charge is -1.96. The molecular weight excluding hydrogens is 248 g/mol. The summed E-state index contributed by atoms with van der Waals surface area (Å²) in [5.74, 6) is 0. The van der Waals surface area contributed by atoms with Gasteiger partial charge in [-0.2, -0.15) is 0 Å². The molecule has 3 N–H and O–H groups in total. The lowest BCUT2D eigenvalue weighted by atomic mass is 10.2. The van der Waals surface area contributed by atoms with Crippen molar-refractivity contribution in [2.75, 3.05) is 6.54 Å². The van der Waals surface area contributed by atoms with Crippen LogP contribution in [0, 0.1) is 0 Å². The molecule has 0 aromatic heterocycles. The molecule has 2 nitrogen and oxygen atoms in total. The number of nitrogens with two attached hydrogens (primary N) is 1. The maximum absolute atomic E-state index is 5.56. The Labute approximate surface area is 77.1 Å². The van der Waals surface area contributed by atoms with Gasteiger partial charge in [0.25, 0.3) is 0 Å². The minimum atomic E-state index is 0. The summed E-state index contributed by atoms with van der Waals surface area (Å²) in [6, 6.07) is 1.06. The highest BCUT2D eigenvalue weighted by Crippen LogP contribution is 2.01. The maximum Gasteiger partial charge on any atom is 0.0180 e. The Hall–Kier alpha value is 0.880. The van der Waals surface area contributed by atoms with Crippen LogP contribution < -0.4 is 11.1 Å². The predicted octanol–water partition coefficient (Wildman–Crippen LogP) is 0.851. The fourth-order valence-corrected chi connectivity index (χ4v) is 0.973. The van der Waals surface area contributed by atoms with Crippen LogP contribution in [0.5, 0.6) is 0 Å². The molecule has 0 spiro atoms. The number of hydrogen-bond donors (Lipinski definition) is 2. The second-order valence-corrected chi connectivity index (χ2v) is 2.31. The highest BCUT2D eigenvalue weighted by atomic mass is 79.9. The van der Waals surface area contributed by atoms with Crippen molar-refractivity contribution < 1.29 is 0 Å². The summed E-state index contributed by atoms with van der Waals surface area (Å²) in [6.45, 7) is 3.16. The first kappa shape index (κ1) is 12.5. The molecule has 1 aliphatic heterocycles. The zero-order valence-electron chi connectivity index (χ0n) is 5.46. The zero-order chi connectivity index (χ0) is 5.28. The van der Waals surface area contributed by atoms with Gasteiger partial charge in [0.1, 0.15) is 0 Å². The van der Waals surface area contributed by atoms with E-state index >= 15 is 0 Å². The van der Waals surface area contributed by atoms with Gasteiger partial charge < -0.3 is 11.1 Å². The Morgan fingerprint density at radius 2 is 2.00 bits per heavy atom. The number of nitrogens with one attached hydrogen (secondary N) is 1. The number of rotatable bonds is 0. The molecular formula is C5H14Br2N2. The molecule has 0 aromatic carbocycles. The van der Waals surface area contributed by atoms with Crippen LogP contribution in [0.25, 0.3) is 0 Å². The SMILES string of the molecule is Br.Br.C[C@@H]1C[C@H](N)CN1. The molecule has 58 valence electrons. The van der Waals surface area contributed by atoms with Gasteiger partial charge in [0.15, 0.2) is 0 Å². The summed E-state index contributed by atoms with van der Waals surface area (Å²) in [4.78, 5) is 0. The third-order valence-electron chi connectivity index (χ3n) is 1.38. The average Bonchev–Trinajstić information content (AvgIpc) is 1.87.